The zero-order chi connectivity index (χ0) is 19.6. The number of carbonyl (C=O) groups excluding carboxylic acids is 4. The van der Waals surface area contributed by atoms with Gasteiger partial charge >= 0.3 is 0 Å². The molecule has 2 N–H and O–H groups in total. The molecular weight excluding hydrogens is 350 g/mol. The van der Waals surface area contributed by atoms with Gasteiger partial charge in [-0.25, -0.2) is 0 Å². The Morgan fingerprint density at radius 2 is 1.81 bits per heavy atom. The van der Waals surface area contributed by atoms with E-state index in [1.807, 2.05) is 24.3 Å². The average Bonchev–Trinajstić information content (AvgIpc) is 2.62. The Morgan fingerprint density at radius 1 is 1.11 bits per heavy atom. The largest absolute Gasteiger partial charge is 0.372 e. The first-order valence-corrected chi connectivity index (χ1v) is 8.95. The van der Waals surface area contributed by atoms with E-state index in [2.05, 4.69) is 10.6 Å². The Morgan fingerprint density at radius 3 is 2.41 bits per heavy atom. The summed E-state index contributed by atoms with van der Waals surface area (Å²) < 4.78 is 5.24. The van der Waals surface area contributed by atoms with Crippen molar-refractivity contribution in [1.29, 1.82) is 0 Å². The molecule has 1 aromatic carbocycles. The van der Waals surface area contributed by atoms with E-state index in [1.165, 1.54) is 11.8 Å². The minimum Gasteiger partial charge on any atom is -0.372 e. The molecule has 8 nitrogen and oxygen atoms in total. The van der Waals surface area contributed by atoms with E-state index in [0.29, 0.717) is 39.1 Å². The summed E-state index contributed by atoms with van der Waals surface area (Å²) in [7, 11) is 0. The zero-order valence-electron chi connectivity index (χ0n) is 15.5. The summed E-state index contributed by atoms with van der Waals surface area (Å²) in [5.74, 6) is -0.595. The smallest absolute Gasteiger partial charge is 0.246 e. The van der Waals surface area contributed by atoms with Crippen molar-refractivity contribution in [3.8, 4) is 0 Å². The van der Waals surface area contributed by atoms with Crippen LogP contribution in [0.15, 0.2) is 24.3 Å². The lowest BCUT2D eigenvalue weighted by molar-refractivity contribution is -0.151. The van der Waals surface area contributed by atoms with Crippen LogP contribution in [-0.2, 0) is 36.9 Å². The molecule has 1 aromatic rings. The predicted octanol–water partition coefficient (Wildman–Crippen LogP) is 0.147. The molecule has 8 heteroatoms. The van der Waals surface area contributed by atoms with Gasteiger partial charge in [0.15, 0.2) is 0 Å². The lowest BCUT2D eigenvalue weighted by Gasteiger charge is -2.28. The molecule has 146 valence electrons. The summed E-state index contributed by atoms with van der Waals surface area (Å²) >= 11 is 0. The Labute approximate surface area is 158 Å². The summed E-state index contributed by atoms with van der Waals surface area (Å²) in [4.78, 5) is 46.9. The summed E-state index contributed by atoms with van der Waals surface area (Å²) in [6.07, 6.45) is 1.30. The third kappa shape index (κ3) is 7.18. The lowest BCUT2D eigenvalue weighted by atomic mass is 10.1. The third-order valence-electron chi connectivity index (χ3n) is 4.09. The topological polar surface area (TPSA) is 105 Å². The minimum atomic E-state index is -0.218. The van der Waals surface area contributed by atoms with Gasteiger partial charge in [-0.1, -0.05) is 24.3 Å². The van der Waals surface area contributed by atoms with Gasteiger partial charge in [0.1, 0.15) is 6.61 Å². The Kier molecular flexibility index (Phi) is 7.94. The number of ether oxygens (including phenoxy) is 1. The van der Waals surface area contributed by atoms with E-state index >= 15 is 0 Å². The molecule has 0 aromatic heterocycles. The molecule has 1 heterocycles. The molecule has 0 spiro atoms. The molecule has 1 saturated heterocycles. The van der Waals surface area contributed by atoms with Crippen molar-refractivity contribution in [3.05, 3.63) is 35.4 Å². The van der Waals surface area contributed by atoms with Crippen molar-refractivity contribution in [1.82, 2.24) is 15.5 Å². The van der Waals surface area contributed by atoms with Crippen LogP contribution in [0.4, 0.5) is 0 Å². The van der Waals surface area contributed by atoms with Gasteiger partial charge in [0.05, 0.1) is 6.42 Å². The Balaban J connectivity index is 1.61. The van der Waals surface area contributed by atoms with Gasteiger partial charge in [-0.3, -0.25) is 24.1 Å². The van der Waals surface area contributed by atoms with Gasteiger partial charge in [0.2, 0.25) is 23.6 Å². The average molecular weight is 375 g/mol. The molecule has 1 aliphatic heterocycles. The molecule has 0 saturated carbocycles. The maximum absolute atomic E-state index is 11.9. The fourth-order valence-electron chi connectivity index (χ4n) is 2.48. The summed E-state index contributed by atoms with van der Waals surface area (Å²) in [6, 6.07) is 7.33. The van der Waals surface area contributed by atoms with Gasteiger partial charge in [-0.2, -0.15) is 0 Å². The fourth-order valence-corrected chi connectivity index (χ4v) is 2.48. The summed E-state index contributed by atoms with van der Waals surface area (Å²) in [5, 5.41) is 5.41. The summed E-state index contributed by atoms with van der Waals surface area (Å²) in [5.41, 5.74) is 1.74. The van der Waals surface area contributed by atoms with Crippen molar-refractivity contribution >= 4 is 23.6 Å². The number of hydrogen-bond acceptors (Lipinski definition) is 5. The highest BCUT2D eigenvalue weighted by Gasteiger charge is 2.29. The highest BCUT2D eigenvalue weighted by atomic mass is 16.5. The number of nitrogens with one attached hydrogen (secondary N) is 2. The SMILES string of the molecule is CC(=O)NCCCOCC(=O)NCc1ccc(CC(=O)N2CCC2=O)cc1. The van der Waals surface area contributed by atoms with E-state index in [9.17, 15) is 19.2 Å². The molecule has 1 aliphatic rings. The van der Waals surface area contributed by atoms with Crippen LogP contribution >= 0.6 is 0 Å². The number of carbonyl (C=O) groups is 4. The van der Waals surface area contributed by atoms with E-state index in [4.69, 9.17) is 4.74 Å². The van der Waals surface area contributed by atoms with Crippen LogP contribution in [0.25, 0.3) is 0 Å². The van der Waals surface area contributed by atoms with Crippen LogP contribution in [0, 0.1) is 0 Å². The Bertz CT molecular complexity index is 687. The van der Waals surface area contributed by atoms with Crippen LogP contribution in [0.5, 0.6) is 0 Å². The quantitative estimate of drug-likeness (QED) is 0.447. The van der Waals surface area contributed by atoms with Crippen LogP contribution in [0.3, 0.4) is 0 Å². The second-order valence-electron chi connectivity index (χ2n) is 6.35. The van der Waals surface area contributed by atoms with Gasteiger partial charge in [-0.15, -0.1) is 0 Å². The normalized spacial score (nSPS) is 13.1. The lowest BCUT2D eigenvalue weighted by Crippen LogP contribution is -2.48. The second kappa shape index (κ2) is 10.4. The van der Waals surface area contributed by atoms with Crippen LogP contribution < -0.4 is 10.6 Å². The van der Waals surface area contributed by atoms with E-state index < -0.39 is 0 Å². The first-order chi connectivity index (χ1) is 13.0. The molecule has 0 bridgehead atoms. The minimum absolute atomic E-state index is 0.0312. The molecule has 0 atom stereocenters. The Hall–Kier alpha value is -2.74. The molecule has 0 aliphatic carbocycles. The van der Waals surface area contributed by atoms with Gasteiger partial charge in [0, 0.05) is 39.6 Å². The molecule has 2 rings (SSSR count). The maximum Gasteiger partial charge on any atom is 0.246 e. The van der Waals surface area contributed by atoms with E-state index in [1.54, 1.807) is 0 Å². The van der Waals surface area contributed by atoms with Crippen LogP contribution in [0.2, 0.25) is 0 Å². The van der Waals surface area contributed by atoms with Crippen molar-refractivity contribution in [2.45, 2.75) is 32.7 Å². The highest BCUT2D eigenvalue weighted by Crippen LogP contribution is 2.12. The maximum atomic E-state index is 11.9. The predicted molar refractivity (Wildman–Crippen MR) is 97.4 cm³/mol. The zero-order valence-corrected chi connectivity index (χ0v) is 15.5. The van der Waals surface area contributed by atoms with E-state index in [0.717, 1.165) is 11.1 Å². The van der Waals surface area contributed by atoms with Gasteiger partial charge in [0.25, 0.3) is 0 Å². The molecule has 27 heavy (non-hydrogen) atoms. The highest BCUT2D eigenvalue weighted by molar-refractivity contribution is 6.00. The van der Waals surface area contributed by atoms with Crippen LogP contribution in [0.1, 0.15) is 30.9 Å². The number of likely N-dealkylation sites (tertiary alicyclic amines) is 1. The molecule has 1 fully saturated rings. The molecule has 4 amide bonds. The number of hydrogen-bond donors (Lipinski definition) is 2. The fraction of sp³-hybridized carbons (Fsp3) is 0.474. The number of nitrogens with zero attached hydrogens (tertiary/aromatic N) is 1. The standard InChI is InChI=1S/C19H25N3O5/c1-14(23)20-8-2-10-27-13-17(24)21-12-16-5-3-15(4-6-16)11-19(26)22-9-7-18(22)25/h3-6H,2,7-13H2,1H3,(H,20,23)(H,21,24). The number of rotatable bonds is 10. The monoisotopic (exact) mass is 375 g/mol. The van der Waals surface area contributed by atoms with Crippen molar-refractivity contribution in [3.63, 3.8) is 0 Å². The molecular formula is C19H25N3O5. The first-order valence-electron chi connectivity index (χ1n) is 8.95. The van der Waals surface area contributed by atoms with Crippen LogP contribution in [-0.4, -0.2) is 54.8 Å². The number of imide groups is 1. The van der Waals surface area contributed by atoms with Crippen molar-refractivity contribution in [2.75, 3.05) is 26.3 Å². The summed E-state index contributed by atoms with van der Waals surface area (Å²) in [6.45, 7) is 3.22. The number of β-lactam (4-membered cyclic amide) rings is 1. The second-order valence-corrected chi connectivity index (χ2v) is 6.35. The van der Waals surface area contributed by atoms with Crippen molar-refractivity contribution in [2.24, 2.45) is 0 Å². The number of benzene rings is 1. The molecule has 0 unspecified atom stereocenters. The van der Waals surface area contributed by atoms with Gasteiger partial charge < -0.3 is 15.4 Å². The number of amides is 4. The molecule has 0 radical (unpaired) electrons. The third-order valence-corrected chi connectivity index (χ3v) is 4.09. The van der Waals surface area contributed by atoms with E-state index in [-0.39, 0.29) is 36.7 Å². The van der Waals surface area contributed by atoms with Crippen molar-refractivity contribution < 1.29 is 23.9 Å². The van der Waals surface area contributed by atoms with Gasteiger partial charge in [-0.05, 0) is 17.5 Å². The first kappa shape index (κ1) is 20.6.